The number of nitrogens with zero attached hydrogens (tertiary/aromatic N) is 1. The minimum absolute atomic E-state index is 0.00514. The molecule has 0 aromatic heterocycles. The Balaban J connectivity index is 3.24. The van der Waals surface area contributed by atoms with Crippen LogP contribution in [0.5, 0.6) is 0 Å². The minimum Gasteiger partial charge on any atom is -0.399 e. The molecule has 0 saturated heterocycles. The first-order chi connectivity index (χ1) is 7.97. The average molecular weight is 237 g/mol. The van der Waals surface area contributed by atoms with Crippen molar-refractivity contribution >= 4 is 17.3 Å². The zero-order chi connectivity index (χ0) is 13.0. The quantitative estimate of drug-likeness (QED) is 0.653. The Hall–Kier alpha value is -1.75. The summed E-state index contributed by atoms with van der Waals surface area (Å²) in [5.41, 5.74) is 12.7. The highest BCUT2D eigenvalue weighted by Crippen LogP contribution is 2.25. The zero-order valence-corrected chi connectivity index (χ0v) is 10.2. The van der Waals surface area contributed by atoms with E-state index < -0.39 is 5.91 Å². The number of nitrogens with two attached hydrogens (primary N) is 2. The number of hydrogen-bond donors (Lipinski definition) is 3. The molecule has 5 nitrogen and oxygen atoms in total. The fraction of sp³-hybridized carbons (Fsp3) is 0.417. The third kappa shape index (κ3) is 3.10. The van der Waals surface area contributed by atoms with Crippen molar-refractivity contribution in [1.29, 1.82) is 0 Å². The van der Waals surface area contributed by atoms with Crippen LogP contribution in [0, 0.1) is 0 Å². The predicted octanol–water partition coefficient (Wildman–Crippen LogP) is 0.575. The Labute approximate surface area is 101 Å². The lowest BCUT2D eigenvalue weighted by atomic mass is 10.1. The van der Waals surface area contributed by atoms with Crippen LogP contribution in [0.4, 0.5) is 11.4 Å². The Morgan fingerprint density at radius 1 is 1.47 bits per heavy atom. The molecule has 0 radical (unpaired) electrons. The van der Waals surface area contributed by atoms with E-state index in [1.165, 1.54) is 0 Å². The molecule has 0 aliphatic rings. The van der Waals surface area contributed by atoms with Crippen LogP contribution in [0.15, 0.2) is 18.2 Å². The number of anilines is 2. The topological polar surface area (TPSA) is 92.6 Å². The molecule has 0 unspecified atom stereocenters. The van der Waals surface area contributed by atoms with E-state index in [4.69, 9.17) is 16.6 Å². The summed E-state index contributed by atoms with van der Waals surface area (Å²) in [6, 6.07) is 5.10. The van der Waals surface area contributed by atoms with E-state index in [-0.39, 0.29) is 12.6 Å². The summed E-state index contributed by atoms with van der Waals surface area (Å²) in [6.07, 6.45) is 0. The Kier molecular flexibility index (Phi) is 4.34. The summed E-state index contributed by atoms with van der Waals surface area (Å²) >= 11 is 0. The summed E-state index contributed by atoms with van der Waals surface area (Å²) < 4.78 is 0. The van der Waals surface area contributed by atoms with Crippen LogP contribution in [0.25, 0.3) is 0 Å². The molecule has 0 spiro atoms. The number of aliphatic hydroxyl groups excluding tert-OH is 1. The van der Waals surface area contributed by atoms with Crippen LogP contribution in [-0.2, 0) is 0 Å². The maximum Gasteiger partial charge on any atom is 0.250 e. The molecule has 0 aliphatic carbocycles. The van der Waals surface area contributed by atoms with Gasteiger partial charge in [0.2, 0.25) is 0 Å². The summed E-state index contributed by atoms with van der Waals surface area (Å²) in [5, 5.41) is 9.06. The van der Waals surface area contributed by atoms with E-state index in [1.54, 1.807) is 18.2 Å². The number of aliphatic hydroxyl groups is 1. The molecule has 0 aliphatic heterocycles. The normalized spacial score (nSPS) is 10.6. The minimum atomic E-state index is -0.497. The molecule has 1 aromatic carbocycles. The zero-order valence-electron chi connectivity index (χ0n) is 10.2. The van der Waals surface area contributed by atoms with Crippen LogP contribution in [0.2, 0.25) is 0 Å². The van der Waals surface area contributed by atoms with Crippen molar-refractivity contribution in [3.8, 4) is 0 Å². The molecule has 17 heavy (non-hydrogen) atoms. The van der Waals surface area contributed by atoms with Gasteiger partial charge < -0.3 is 21.5 Å². The van der Waals surface area contributed by atoms with Gasteiger partial charge in [-0.2, -0.15) is 0 Å². The number of benzene rings is 1. The van der Waals surface area contributed by atoms with Gasteiger partial charge in [-0.05, 0) is 32.0 Å². The van der Waals surface area contributed by atoms with Gasteiger partial charge in [-0.25, -0.2) is 0 Å². The number of carbonyl (C=O) groups is 1. The van der Waals surface area contributed by atoms with Crippen molar-refractivity contribution in [2.45, 2.75) is 19.9 Å². The van der Waals surface area contributed by atoms with Crippen molar-refractivity contribution < 1.29 is 9.90 Å². The highest BCUT2D eigenvalue weighted by Gasteiger charge is 2.17. The number of nitrogen functional groups attached to an aromatic ring is 1. The van der Waals surface area contributed by atoms with Gasteiger partial charge in [-0.3, -0.25) is 4.79 Å². The molecular formula is C12H19N3O2. The molecule has 94 valence electrons. The third-order valence-corrected chi connectivity index (χ3v) is 2.56. The van der Waals surface area contributed by atoms with Crippen molar-refractivity contribution in [2.24, 2.45) is 5.73 Å². The highest BCUT2D eigenvalue weighted by molar-refractivity contribution is 5.99. The molecule has 5 heteroatoms. The number of rotatable bonds is 5. The SMILES string of the molecule is CC(C)N(CCO)c1cc(N)ccc1C(N)=O. The first-order valence-corrected chi connectivity index (χ1v) is 5.54. The fourth-order valence-electron chi connectivity index (χ4n) is 1.76. The lowest BCUT2D eigenvalue weighted by Gasteiger charge is -2.29. The number of amides is 1. The molecule has 1 amide bonds. The molecule has 0 saturated carbocycles. The maximum absolute atomic E-state index is 11.4. The van der Waals surface area contributed by atoms with E-state index in [2.05, 4.69) is 0 Å². The van der Waals surface area contributed by atoms with Gasteiger partial charge in [-0.1, -0.05) is 0 Å². The van der Waals surface area contributed by atoms with Crippen LogP contribution in [0.1, 0.15) is 24.2 Å². The summed E-state index contributed by atoms with van der Waals surface area (Å²) in [6.45, 7) is 4.39. The third-order valence-electron chi connectivity index (χ3n) is 2.56. The van der Waals surface area contributed by atoms with Crippen LogP contribution in [-0.4, -0.2) is 30.2 Å². The molecule has 5 N–H and O–H groups in total. The summed E-state index contributed by atoms with van der Waals surface area (Å²) in [5.74, 6) is -0.497. The lowest BCUT2D eigenvalue weighted by molar-refractivity contribution is 0.100. The van der Waals surface area contributed by atoms with E-state index in [0.717, 1.165) is 0 Å². The molecular weight excluding hydrogens is 218 g/mol. The first-order valence-electron chi connectivity index (χ1n) is 5.54. The van der Waals surface area contributed by atoms with Crippen molar-refractivity contribution in [1.82, 2.24) is 0 Å². The van der Waals surface area contributed by atoms with Crippen LogP contribution < -0.4 is 16.4 Å². The Morgan fingerprint density at radius 3 is 2.59 bits per heavy atom. The number of primary amides is 1. The van der Waals surface area contributed by atoms with Gasteiger partial charge in [0.1, 0.15) is 0 Å². The monoisotopic (exact) mass is 237 g/mol. The van der Waals surface area contributed by atoms with Gasteiger partial charge in [0.25, 0.3) is 5.91 Å². The maximum atomic E-state index is 11.4. The summed E-state index contributed by atoms with van der Waals surface area (Å²) in [7, 11) is 0. The highest BCUT2D eigenvalue weighted by atomic mass is 16.3. The summed E-state index contributed by atoms with van der Waals surface area (Å²) in [4.78, 5) is 13.3. The van der Waals surface area contributed by atoms with Crippen molar-refractivity contribution in [2.75, 3.05) is 23.8 Å². The van der Waals surface area contributed by atoms with Gasteiger partial charge in [0, 0.05) is 18.3 Å². The largest absolute Gasteiger partial charge is 0.399 e. The lowest BCUT2D eigenvalue weighted by Crippen LogP contribution is -2.35. The number of hydrogen-bond acceptors (Lipinski definition) is 4. The van der Waals surface area contributed by atoms with Gasteiger partial charge >= 0.3 is 0 Å². The van der Waals surface area contributed by atoms with E-state index in [0.29, 0.717) is 23.5 Å². The Morgan fingerprint density at radius 2 is 2.12 bits per heavy atom. The average Bonchev–Trinajstić information content (AvgIpc) is 2.24. The van der Waals surface area contributed by atoms with Crippen molar-refractivity contribution in [3.63, 3.8) is 0 Å². The fourth-order valence-corrected chi connectivity index (χ4v) is 1.76. The molecule has 0 atom stereocenters. The molecule has 1 aromatic rings. The van der Waals surface area contributed by atoms with E-state index in [9.17, 15) is 4.79 Å². The van der Waals surface area contributed by atoms with Crippen LogP contribution in [0.3, 0.4) is 0 Å². The van der Waals surface area contributed by atoms with Crippen LogP contribution >= 0.6 is 0 Å². The Bertz CT molecular complexity index is 405. The predicted molar refractivity (Wildman–Crippen MR) is 68.9 cm³/mol. The molecule has 0 heterocycles. The van der Waals surface area contributed by atoms with Gasteiger partial charge in [-0.15, -0.1) is 0 Å². The van der Waals surface area contributed by atoms with Gasteiger partial charge in [0.15, 0.2) is 0 Å². The van der Waals surface area contributed by atoms with E-state index >= 15 is 0 Å². The van der Waals surface area contributed by atoms with E-state index in [1.807, 2.05) is 18.7 Å². The smallest absolute Gasteiger partial charge is 0.250 e. The molecule has 0 fully saturated rings. The molecule has 0 bridgehead atoms. The van der Waals surface area contributed by atoms with Gasteiger partial charge in [0.05, 0.1) is 17.9 Å². The standard InChI is InChI=1S/C12H19N3O2/c1-8(2)15(5-6-16)11-7-9(13)3-4-10(11)12(14)17/h3-4,7-8,16H,5-6,13H2,1-2H3,(H2,14,17). The second kappa shape index (κ2) is 5.54. The molecule has 1 rings (SSSR count). The second-order valence-corrected chi connectivity index (χ2v) is 4.15. The first kappa shape index (κ1) is 13.3. The number of carbonyl (C=O) groups excluding carboxylic acids is 1. The second-order valence-electron chi connectivity index (χ2n) is 4.15. The van der Waals surface area contributed by atoms with Crippen molar-refractivity contribution in [3.05, 3.63) is 23.8 Å².